The highest BCUT2D eigenvalue weighted by atomic mass is 16.5. The Balaban J connectivity index is 1.49. The lowest BCUT2D eigenvalue weighted by Gasteiger charge is -2.37. The molecule has 2 heterocycles. The summed E-state index contributed by atoms with van der Waals surface area (Å²) in [6, 6.07) is 11.1. The monoisotopic (exact) mass is 682 g/mol. The number of H-pyrrole nitrogens is 1. The zero-order valence-corrected chi connectivity index (χ0v) is 30.1. The molecule has 5 rings (SSSR count). The molecular formula is C38H46N6O6. The van der Waals surface area contributed by atoms with Gasteiger partial charge in [-0.2, -0.15) is 0 Å². The third kappa shape index (κ3) is 7.62. The summed E-state index contributed by atoms with van der Waals surface area (Å²) >= 11 is 0. The fourth-order valence-corrected chi connectivity index (χ4v) is 6.76. The average molecular weight is 683 g/mol. The van der Waals surface area contributed by atoms with Crippen LogP contribution in [-0.4, -0.2) is 51.7 Å². The molecule has 3 unspecified atom stereocenters. The van der Waals surface area contributed by atoms with Crippen LogP contribution in [-0.2, 0) is 19.7 Å². The number of carbonyl (C=O) groups excluding carboxylic acids is 3. The first-order valence-electron chi connectivity index (χ1n) is 16.9. The van der Waals surface area contributed by atoms with Crippen LogP contribution in [0.25, 0.3) is 21.9 Å². The second-order valence-corrected chi connectivity index (χ2v) is 14.5. The number of carbonyl (C=O) groups is 3. The maximum Gasteiger partial charge on any atom is 0.331 e. The van der Waals surface area contributed by atoms with Gasteiger partial charge >= 0.3 is 5.97 Å². The Morgan fingerprint density at radius 1 is 1.04 bits per heavy atom. The Morgan fingerprint density at radius 3 is 2.32 bits per heavy atom. The van der Waals surface area contributed by atoms with Crippen molar-refractivity contribution in [2.75, 3.05) is 12.4 Å². The summed E-state index contributed by atoms with van der Waals surface area (Å²) < 4.78 is 19.4. The summed E-state index contributed by atoms with van der Waals surface area (Å²) in [5.41, 5.74) is 3.27. The lowest BCUT2D eigenvalue weighted by Crippen LogP contribution is -2.38. The van der Waals surface area contributed by atoms with E-state index in [4.69, 9.17) is 25.8 Å². The second-order valence-electron chi connectivity index (χ2n) is 14.5. The number of hydrogen-bond acceptors (Lipinski definition) is 8. The molecule has 264 valence electrons. The van der Waals surface area contributed by atoms with Crippen LogP contribution in [0.4, 0.5) is 17.1 Å². The molecule has 12 nitrogen and oxygen atoms in total. The number of amides is 2. The van der Waals surface area contributed by atoms with E-state index in [0.717, 1.165) is 18.4 Å². The van der Waals surface area contributed by atoms with Crippen molar-refractivity contribution in [2.45, 2.75) is 85.9 Å². The fourth-order valence-electron chi connectivity index (χ4n) is 6.76. The van der Waals surface area contributed by atoms with Crippen molar-refractivity contribution < 1.29 is 28.6 Å². The summed E-state index contributed by atoms with van der Waals surface area (Å²) in [6.45, 7) is 23.3. The van der Waals surface area contributed by atoms with Crippen LogP contribution in [0, 0.1) is 24.3 Å². The minimum Gasteiger partial charge on any atom is -0.495 e. The molecule has 4 aromatic rings. The van der Waals surface area contributed by atoms with Crippen LogP contribution in [0.2, 0.25) is 0 Å². The highest BCUT2D eigenvalue weighted by Crippen LogP contribution is 2.39. The molecule has 0 saturated heterocycles. The van der Waals surface area contributed by atoms with Crippen molar-refractivity contribution in [3.63, 3.8) is 0 Å². The number of nitrogens with zero attached hydrogens (tertiary/aromatic N) is 3. The number of benzene rings is 2. The molecule has 2 aromatic carbocycles. The van der Waals surface area contributed by atoms with Gasteiger partial charge in [0.2, 0.25) is 11.6 Å². The number of anilines is 2. The van der Waals surface area contributed by atoms with Crippen LogP contribution in [0.3, 0.4) is 0 Å². The third-order valence-corrected chi connectivity index (χ3v) is 9.20. The number of fused-ring (bicyclic) bond motifs is 1. The van der Waals surface area contributed by atoms with Crippen LogP contribution in [0.5, 0.6) is 11.5 Å². The van der Waals surface area contributed by atoms with E-state index in [9.17, 15) is 14.4 Å². The van der Waals surface area contributed by atoms with Gasteiger partial charge in [-0.25, -0.2) is 14.6 Å². The van der Waals surface area contributed by atoms with E-state index in [-0.39, 0.29) is 34.6 Å². The SMILES string of the molecule is [C-]#[N+]c1cn2[nH]c(-c3ccc(OC)c(Nc4cc(C(C)(C)C)ccc4OC(C)C(=O)NC(C)=O)c3)nc2c1C(=O)OC1C(C)CC(C)CC1C. The Labute approximate surface area is 292 Å². The minimum atomic E-state index is -0.950. The molecule has 0 aliphatic heterocycles. The first-order valence-corrected chi connectivity index (χ1v) is 16.9. The van der Waals surface area contributed by atoms with Crippen LogP contribution in [0.1, 0.15) is 84.2 Å². The number of hydrogen-bond donors (Lipinski definition) is 3. The summed E-state index contributed by atoms with van der Waals surface area (Å²) in [5, 5.41) is 8.89. The van der Waals surface area contributed by atoms with Crippen molar-refractivity contribution in [1.29, 1.82) is 0 Å². The molecule has 3 N–H and O–H groups in total. The summed E-state index contributed by atoms with van der Waals surface area (Å²) in [6.07, 6.45) is 2.32. The molecule has 0 bridgehead atoms. The van der Waals surface area contributed by atoms with Crippen LogP contribution in [0.15, 0.2) is 42.6 Å². The number of ether oxygens (including phenoxy) is 3. The van der Waals surface area contributed by atoms with Crippen LogP contribution < -0.4 is 20.1 Å². The van der Waals surface area contributed by atoms with E-state index >= 15 is 0 Å². The molecule has 1 saturated carbocycles. The van der Waals surface area contributed by atoms with Crippen molar-refractivity contribution >= 4 is 40.5 Å². The van der Waals surface area contributed by atoms with Gasteiger partial charge in [0, 0.05) is 18.7 Å². The van der Waals surface area contributed by atoms with Gasteiger partial charge in [0.15, 0.2) is 17.6 Å². The molecule has 0 radical (unpaired) electrons. The number of rotatable bonds is 9. The van der Waals surface area contributed by atoms with Crippen molar-refractivity contribution in [2.24, 2.45) is 17.8 Å². The average Bonchev–Trinajstić information content (AvgIpc) is 3.60. The lowest BCUT2D eigenvalue weighted by atomic mass is 9.75. The molecule has 3 atom stereocenters. The molecule has 1 fully saturated rings. The lowest BCUT2D eigenvalue weighted by molar-refractivity contribution is -0.133. The van der Waals surface area contributed by atoms with Gasteiger partial charge in [0.1, 0.15) is 23.2 Å². The number of imide groups is 1. The number of nitrogens with one attached hydrogen (secondary N) is 3. The maximum absolute atomic E-state index is 13.6. The molecule has 50 heavy (non-hydrogen) atoms. The Morgan fingerprint density at radius 2 is 1.70 bits per heavy atom. The quantitative estimate of drug-likeness (QED) is 0.121. The maximum atomic E-state index is 13.6. The van der Waals surface area contributed by atoms with Gasteiger partial charge in [-0.05, 0) is 78.8 Å². The predicted molar refractivity (Wildman–Crippen MR) is 191 cm³/mol. The summed E-state index contributed by atoms with van der Waals surface area (Å²) in [7, 11) is 1.56. The number of aromatic amines is 1. The fraction of sp³-hybridized carbons (Fsp3) is 0.447. The van der Waals surface area contributed by atoms with Crippen molar-refractivity contribution in [3.05, 3.63) is 65.1 Å². The summed E-state index contributed by atoms with van der Waals surface area (Å²) in [4.78, 5) is 45.9. The van der Waals surface area contributed by atoms with E-state index < -0.39 is 23.9 Å². The number of esters is 1. The highest BCUT2D eigenvalue weighted by molar-refractivity contribution is 6.03. The van der Waals surface area contributed by atoms with E-state index in [0.29, 0.717) is 45.8 Å². The van der Waals surface area contributed by atoms with Gasteiger partial charge in [-0.1, -0.05) is 47.6 Å². The topological polar surface area (TPSA) is 140 Å². The van der Waals surface area contributed by atoms with Gasteiger partial charge in [0.25, 0.3) is 5.91 Å². The first-order chi connectivity index (χ1) is 23.6. The Hall–Kier alpha value is -5.31. The van der Waals surface area contributed by atoms with Gasteiger partial charge in [-0.15, -0.1) is 0 Å². The zero-order valence-electron chi connectivity index (χ0n) is 30.1. The molecule has 0 spiro atoms. The number of methoxy groups -OCH3 is 1. The van der Waals surface area contributed by atoms with Gasteiger partial charge in [0.05, 0.1) is 25.1 Å². The molecule has 12 heteroatoms. The standard InChI is InChI=1S/C38H46N6O6/c1-20-15-21(2)33(22(3)16-20)50-37(47)32-29(39-9)19-44-35(32)42-34(43-44)25-11-13-30(48-10)27(17-25)41-28-18-26(38(6,7)8)12-14-31(28)49-23(4)36(46)40-24(5)45/h11-14,17-23,33,41H,15-16H2,1-8,10H3,(H,42,43)(H,40,45,46). The predicted octanol–water partition coefficient (Wildman–Crippen LogP) is 7.59. The first kappa shape index (κ1) is 36.0. The largest absolute Gasteiger partial charge is 0.495 e. The Bertz CT molecular complexity index is 1950. The number of aromatic nitrogens is 3. The van der Waals surface area contributed by atoms with E-state index in [1.54, 1.807) is 36.9 Å². The molecule has 2 aromatic heterocycles. The van der Waals surface area contributed by atoms with Gasteiger partial charge < -0.3 is 19.5 Å². The minimum absolute atomic E-state index is 0.135. The Kier molecular flexibility index (Phi) is 10.3. The van der Waals surface area contributed by atoms with Gasteiger partial charge in [-0.3, -0.25) is 24.5 Å². The summed E-state index contributed by atoms with van der Waals surface area (Å²) in [5.74, 6) is 0.799. The van der Waals surface area contributed by atoms with Crippen molar-refractivity contribution in [1.82, 2.24) is 19.9 Å². The molecule has 1 aliphatic carbocycles. The normalized spacial score (nSPS) is 19.7. The molecule has 1 aliphatic rings. The van der Waals surface area contributed by atoms with E-state index in [1.807, 2.05) is 24.3 Å². The van der Waals surface area contributed by atoms with Crippen molar-refractivity contribution in [3.8, 4) is 22.9 Å². The highest BCUT2D eigenvalue weighted by Gasteiger charge is 2.36. The van der Waals surface area contributed by atoms with E-state index in [1.165, 1.54) is 6.92 Å². The zero-order chi connectivity index (χ0) is 36.5. The van der Waals surface area contributed by atoms with E-state index in [2.05, 4.69) is 62.1 Å². The smallest absolute Gasteiger partial charge is 0.331 e. The molecular weight excluding hydrogens is 636 g/mol. The molecule has 2 amide bonds. The third-order valence-electron chi connectivity index (χ3n) is 9.20. The second kappa shape index (κ2) is 14.3. The van der Waals surface area contributed by atoms with Crippen LogP contribution >= 0.6 is 0 Å².